The number of nitrogens with zero attached hydrogens (tertiary/aromatic N) is 4. The van der Waals surface area contributed by atoms with E-state index in [1.165, 1.54) is 18.3 Å². The molecule has 3 aromatic rings. The van der Waals surface area contributed by atoms with Crippen LogP contribution in [0.3, 0.4) is 0 Å². The van der Waals surface area contributed by atoms with Gasteiger partial charge in [0.2, 0.25) is 5.91 Å². The number of anilines is 2. The minimum absolute atomic E-state index is 0.0155. The molecule has 42 heavy (non-hydrogen) atoms. The van der Waals surface area contributed by atoms with Gasteiger partial charge in [-0.2, -0.15) is 0 Å². The van der Waals surface area contributed by atoms with Crippen LogP contribution >= 0.6 is 0 Å². The Morgan fingerprint density at radius 1 is 1.05 bits per heavy atom. The van der Waals surface area contributed by atoms with E-state index in [9.17, 15) is 13.6 Å². The van der Waals surface area contributed by atoms with E-state index in [-0.39, 0.29) is 11.6 Å². The van der Waals surface area contributed by atoms with Gasteiger partial charge in [-0.3, -0.25) is 4.79 Å². The topological polar surface area (TPSA) is 74.4 Å². The Morgan fingerprint density at radius 2 is 1.79 bits per heavy atom. The minimum Gasteiger partial charge on any atom is -0.497 e. The monoisotopic (exact) mass is 571 g/mol. The number of carbonyl (C=O) groups is 1. The number of hydrogen-bond acceptors (Lipinski definition) is 6. The van der Waals surface area contributed by atoms with Crippen LogP contribution in [0.4, 0.5) is 25.8 Å². The Morgan fingerprint density at radius 3 is 2.40 bits per heavy atom. The van der Waals surface area contributed by atoms with Crippen molar-refractivity contribution in [2.24, 2.45) is 10.7 Å². The van der Waals surface area contributed by atoms with Crippen molar-refractivity contribution >= 4 is 28.7 Å². The molecule has 3 aliphatic rings. The predicted octanol–water partition coefficient (Wildman–Crippen LogP) is 5.29. The summed E-state index contributed by atoms with van der Waals surface area (Å²) in [5.41, 5.74) is 10.3. The van der Waals surface area contributed by atoms with E-state index in [0.29, 0.717) is 12.3 Å². The van der Waals surface area contributed by atoms with Crippen molar-refractivity contribution in [3.05, 3.63) is 95.2 Å². The largest absolute Gasteiger partial charge is 0.497 e. The third-order valence-corrected chi connectivity index (χ3v) is 8.78. The number of fused-ring (bicyclic) bond motifs is 2. The Hall–Kier alpha value is -4.24. The molecule has 0 radical (unpaired) electrons. The number of amides is 1. The highest BCUT2D eigenvalue weighted by molar-refractivity contribution is 6.15. The van der Waals surface area contributed by atoms with E-state index in [4.69, 9.17) is 10.5 Å². The normalized spacial score (nSPS) is 18.6. The number of aliphatic imine (C=N–C) groups is 1. The van der Waals surface area contributed by atoms with Crippen molar-refractivity contribution in [2.45, 2.75) is 31.2 Å². The first-order valence-electron chi connectivity index (χ1n) is 14.3. The standard InChI is InChI=1S/C33H35F2N5O2/c1-38-14-16-39(17-15-38)30-19-23(28(10-13-36)37-29-9-6-24(34)20-27(29)35)18-26-31(30)40(32(41)33(26)11-3-12-33)21-22-4-7-25(42-2)8-5-22/h4-10,13,18-20H,3,11-12,14-17,21,36H2,1-2H3. The van der Waals surface area contributed by atoms with Crippen LogP contribution in [0.2, 0.25) is 0 Å². The molecule has 2 aliphatic heterocycles. The lowest BCUT2D eigenvalue weighted by molar-refractivity contribution is -0.126. The molecule has 6 rings (SSSR count). The second-order valence-electron chi connectivity index (χ2n) is 11.3. The SMILES string of the molecule is COc1ccc(CN2C(=O)C3(CCC3)c3cc(C(C=CN)=Nc4ccc(F)cc4F)cc(N4CCN(C)CC4)c32)cc1. The van der Waals surface area contributed by atoms with Crippen LogP contribution in [0.1, 0.15) is 36.0 Å². The van der Waals surface area contributed by atoms with Gasteiger partial charge in [0, 0.05) is 37.8 Å². The Labute approximate surface area is 244 Å². The summed E-state index contributed by atoms with van der Waals surface area (Å²) in [4.78, 5) is 25.4. The summed E-state index contributed by atoms with van der Waals surface area (Å²) in [6, 6.07) is 15.2. The molecule has 7 nitrogen and oxygen atoms in total. The average molecular weight is 572 g/mol. The van der Waals surface area contributed by atoms with Crippen molar-refractivity contribution in [3.8, 4) is 5.75 Å². The molecule has 0 unspecified atom stereocenters. The van der Waals surface area contributed by atoms with Crippen molar-refractivity contribution < 1.29 is 18.3 Å². The second-order valence-corrected chi connectivity index (χ2v) is 11.3. The molecule has 2 heterocycles. The minimum atomic E-state index is -0.755. The van der Waals surface area contributed by atoms with Crippen molar-refractivity contribution in [1.29, 1.82) is 0 Å². The molecule has 218 valence electrons. The van der Waals surface area contributed by atoms with Gasteiger partial charge in [-0.15, -0.1) is 0 Å². The summed E-state index contributed by atoms with van der Waals surface area (Å²) in [5.74, 6) is -0.540. The number of ether oxygens (including phenoxy) is 1. The van der Waals surface area contributed by atoms with Gasteiger partial charge >= 0.3 is 0 Å². The second kappa shape index (κ2) is 11.2. The van der Waals surface area contributed by atoms with Crippen molar-refractivity contribution in [2.75, 3.05) is 50.1 Å². The van der Waals surface area contributed by atoms with Gasteiger partial charge in [-0.25, -0.2) is 13.8 Å². The summed E-state index contributed by atoms with van der Waals surface area (Å²) >= 11 is 0. The fourth-order valence-electron chi connectivity index (χ4n) is 6.25. The number of hydrogen-bond donors (Lipinski definition) is 1. The van der Waals surface area contributed by atoms with Gasteiger partial charge < -0.3 is 25.2 Å². The van der Waals surface area contributed by atoms with Crippen LogP contribution in [0.15, 0.2) is 71.9 Å². The first kappa shape index (κ1) is 27.9. The molecule has 3 aromatic carbocycles. The van der Waals surface area contributed by atoms with Crippen LogP contribution in [-0.4, -0.2) is 56.9 Å². The highest BCUT2D eigenvalue weighted by Crippen LogP contribution is 2.57. The number of benzene rings is 3. The average Bonchev–Trinajstić information content (AvgIpc) is 3.22. The maximum atomic E-state index is 14.7. The van der Waals surface area contributed by atoms with Crippen LogP contribution in [0.25, 0.3) is 0 Å². The number of halogens is 2. The zero-order valence-electron chi connectivity index (χ0n) is 23.9. The van der Waals surface area contributed by atoms with Gasteiger partial charge in [0.05, 0.1) is 41.8 Å². The molecule has 1 saturated carbocycles. The Bertz CT molecular complexity index is 1560. The zero-order valence-corrected chi connectivity index (χ0v) is 23.9. The van der Waals surface area contributed by atoms with E-state index >= 15 is 0 Å². The molecule has 1 amide bonds. The van der Waals surface area contributed by atoms with Gasteiger partial charge in [0.25, 0.3) is 0 Å². The van der Waals surface area contributed by atoms with E-state index in [0.717, 1.165) is 85.3 Å². The van der Waals surface area contributed by atoms with Gasteiger partial charge in [0.15, 0.2) is 5.82 Å². The number of allylic oxidation sites excluding steroid dienone is 1. The zero-order chi connectivity index (χ0) is 29.4. The maximum absolute atomic E-state index is 14.7. The number of piperazine rings is 1. The molecule has 2 N–H and O–H groups in total. The number of carbonyl (C=O) groups excluding carboxylic acids is 1. The first-order chi connectivity index (χ1) is 20.3. The molecule has 0 aromatic heterocycles. The number of nitrogens with two attached hydrogens (primary N) is 1. The maximum Gasteiger partial charge on any atom is 0.238 e. The van der Waals surface area contributed by atoms with Gasteiger partial charge in [-0.05, 0) is 79.7 Å². The molecular formula is C33H35F2N5O2. The lowest BCUT2D eigenvalue weighted by Crippen LogP contribution is -2.45. The third-order valence-electron chi connectivity index (χ3n) is 8.78. The highest BCUT2D eigenvalue weighted by atomic mass is 19.1. The quantitative estimate of drug-likeness (QED) is 0.391. The molecule has 1 aliphatic carbocycles. The summed E-state index contributed by atoms with van der Waals surface area (Å²) in [6.07, 6.45) is 5.51. The van der Waals surface area contributed by atoms with Gasteiger partial charge in [-0.1, -0.05) is 18.6 Å². The summed E-state index contributed by atoms with van der Waals surface area (Å²) < 4.78 is 33.6. The van der Waals surface area contributed by atoms with Crippen LogP contribution < -0.4 is 20.3 Å². The molecule has 1 saturated heterocycles. The summed E-state index contributed by atoms with van der Waals surface area (Å²) in [7, 11) is 3.74. The molecule has 0 bridgehead atoms. The third kappa shape index (κ3) is 4.91. The molecule has 0 atom stereocenters. The molecule has 1 spiro atoms. The number of rotatable bonds is 7. The van der Waals surface area contributed by atoms with Crippen LogP contribution in [-0.2, 0) is 16.8 Å². The fraction of sp³-hybridized carbons (Fsp3) is 0.333. The fourth-order valence-corrected chi connectivity index (χ4v) is 6.25. The van der Waals surface area contributed by atoms with Gasteiger partial charge in [0.1, 0.15) is 11.6 Å². The Kier molecular flexibility index (Phi) is 7.45. The molecule has 2 fully saturated rings. The van der Waals surface area contributed by atoms with E-state index < -0.39 is 17.0 Å². The lowest BCUT2D eigenvalue weighted by atomic mass is 9.65. The van der Waals surface area contributed by atoms with E-state index in [1.807, 2.05) is 41.3 Å². The van der Waals surface area contributed by atoms with Crippen molar-refractivity contribution in [3.63, 3.8) is 0 Å². The Balaban J connectivity index is 1.52. The smallest absolute Gasteiger partial charge is 0.238 e. The first-order valence-corrected chi connectivity index (χ1v) is 14.3. The van der Waals surface area contributed by atoms with E-state index in [1.54, 1.807) is 13.2 Å². The van der Waals surface area contributed by atoms with Crippen molar-refractivity contribution in [1.82, 2.24) is 4.90 Å². The van der Waals surface area contributed by atoms with Crippen LogP contribution in [0.5, 0.6) is 5.75 Å². The number of methoxy groups -OCH3 is 1. The highest BCUT2D eigenvalue weighted by Gasteiger charge is 2.55. The molecule has 9 heteroatoms. The summed E-state index contributed by atoms with van der Waals surface area (Å²) in [6.45, 7) is 3.83. The number of likely N-dealkylation sites (N-methyl/N-ethyl adjacent to an activating group) is 1. The van der Waals surface area contributed by atoms with E-state index in [2.05, 4.69) is 21.8 Å². The summed E-state index contributed by atoms with van der Waals surface area (Å²) in [5, 5.41) is 0. The predicted molar refractivity (Wildman–Crippen MR) is 162 cm³/mol. The molecular weight excluding hydrogens is 536 g/mol. The lowest BCUT2D eigenvalue weighted by Gasteiger charge is -2.37. The van der Waals surface area contributed by atoms with Crippen LogP contribution in [0, 0.1) is 11.6 Å².